The Kier molecular flexibility index (Phi) is 5.81. The van der Waals surface area contributed by atoms with Gasteiger partial charge in [-0.05, 0) is 35.7 Å². The van der Waals surface area contributed by atoms with E-state index in [-0.39, 0.29) is 12.6 Å². The van der Waals surface area contributed by atoms with E-state index < -0.39 is 0 Å². The maximum Gasteiger partial charge on any atom is 0.161 e. The number of hydrogen-bond acceptors (Lipinski definition) is 4. The molecule has 0 saturated carbocycles. The summed E-state index contributed by atoms with van der Waals surface area (Å²) in [4.78, 5) is 0. The molecule has 0 saturated heterocycles. The van der Waals surface area contributed by atoms with E-state index in [2.05, 4.69) is 17.4 Å². The van der Waals surface area contributed by atoms with Gasteiger partial charge in [0, 0.05) is 12.6 Å². The Morgan fingerprint density at radius 3 is 2.27 bits per heavy atom. The first-order chi connectivity index (χ1) is 10.7. The van der Waals surface area contributed by atoms with Crippen molar-refractivity contribution in [1.82, 2.24) is 5.32 Å². The summed E-state index contributed by atoms with van der Waals surface area (Å²) in [5, 5.41) is 12.5. The molecule has 0 fully saturated rings. The number of rotatable bonds is 7. The molecule has 0 aromatic heterocycles. The van der Waals surface area contributed by atoms with Gasteiger partial charge in [-0.3, -0.25) is 0 Å². The fourth-order valence-corrected chi connectivity index (χ4v) is 2.30. The van der Waals surface area contributed by atoms with E-state index in [4.69, 9.17) is 9.47 Å². The monoisotopic (exact) mass is 301 g/mol. The van der Waals surface area contributed by atoms with Crippen molar-refractivity contribution in [2.45, 2.75) is 19.5 Å². The third kappa shape index (κ3) is 3.78. The van der Waals surface area contributed by atoms with E-state index in [9.17, 15) is 5.11 Å². The van der Waals surface area contributed by atoms with Crippen LogP contribution in [-0.4, -0.2) is 32.0 Å². The molecule has 22 heavy (non-hydrogen) atoms. The maximum atomic E-state index is 9.17. The lowest BCUT2D eigenvalue weighted by Crippen LogP contribution is -2.28. The molecule has 0 aliphatic rings. The zero-order chi connectivity index (χ0) is 15.9. The molecule has 0 bridgehead atoms. The van der Waals surface area contributed by atoms with Crippen molar-refractivity contribution in [3.8, 4) is 22.6 Å². The summed E-state index contributed by atoms with van der Waals surface area (Å²) in [6.07, 6.45) is 0. The third-order valence-electron chi connectivity index (χ3n) is 3.61. The second-order valence-corrected chi connectivity index (χ2v) is 5.19. The zero-order valence-electron chi connectivity index (χ0n) is 13.3. The van der Waals surface area contributed by atoms with Gasteiger partial charge in [0.1, 0.15) is 0 Å². The first-order valence-corrected chi connectivity index (χ1v) is 7.34. The summed E-state index contributed by atoms with van der Waals surface area (Å²) in [7, 11) is 3.27. The van der Waals surface area contributed by atoms with Gasteiger partial charge in [0.2, 0.25) is 0 Å². The molecule has 118 valence electrons. The highest BCUT2D eigenvalue weighted by Crippen LogP contribution is 2.35. The molecule has 2 aromatic carbocycles. The molecule has 0 aliphatic heterocycles. The molecule has 1 atom stereocenters. The van der Waals surface area contributed by atoms with Gasteiger partial charge in [0.05, 0.1) is 20.8 Å². The third-order valence-corrected chi connectivity index (χ3v) is 3.61. The number of ether oxygens (including phenoxy) is 2. The quantitative estimate of drug-likeness (QED) is 0.825. The molecule has 4 nitrogen and oxygen atoms in total. The first-order valence-electron chi connectivity index (χ1n) is 7.34. The molecule has 0 amide bonds. The van der Waals surface area contributed by atoms with Crippen LogP contribution in [0.3, 0.4) is 0 Å². The van der Waals surface area contributed by atoms with E-state index in [1.165, 1.54) is 0 Å². The molecular formula is C18H23NO3. The second kappa shape index (κ2) is 7.82. The predicted octanol–water partition coefficient (Wildman–Crippen LogP) is 2.84. The van der Waals surface area contributed by atoms with Crippen LogP contribution in [0.5, 0.6) is 11.5 Å². The molecular weight excluding hydrogens is 278 g/mol. The van der Waals surface area contributed by atoms with Crippen molar-refractivity contribution in [3.63, 3.8) is 0 Å². The second-order valence-electron chi connectivity index (χ2n) is 5.19. The minimum absolute atomic E-state index is 0.0386. The molecule has 1 unspecified atom stereocenters. The van der Waals surface area contributed by atoms with E-state index >= 15 is 0 Å². The predicted molar refractivity (Wildman–Crippen MR) is 88.4 cm³/mol. The molecule has 0 radical (unpaired) electrons. The summed E-state index contributed by atoms with van der Waals surface area (Å²) in [5.41, 5.74) is 3.32. The van der Waals surface area contributed by atoms with Crippen molar-refractivity contribution in [1.29, 1.82) is 0 Å². The summed E-state index contributed by atoms with van der Waals surface area (Å²) in [6.45, 7) is 2.70. The molecule has 0 aliphatic carbocycles. The average Bonchev–Trinajstić information content (AvgIpc) is 2.59. The lowest BCUT2D eigenvalue weighted by molar-refractivity contribution is 0.251. The lowest BCUT2D eigenvalue weighted by atomic mass is 9.98. The highest BCUT2D eigenvalue weighted by molar-refractivity contribution is 5.71. The van der Waals surface area contributed by atoms with E-state index in [1.807, 2.05) is 37.3 Å². The van der Waals surface area contributed by atoms with Gasteiger partial charge in [-0.2, -0.15) is 0 Å². The van der Waals surface area contributed by atoms with Gasteiger partial charge in [0.15, 0.2) is 11.5 Å². The summed E-state index contributed by atoms with van der Waals surface area (Å²) < 4.78 is 10.8. The summed E-state index contributed by atoms with van der Waals surface area (Å²) in [5.74, 6) is 1.41. The topological polar surface area (TPSA) is 50.7 Å². The number of aliphatic hydroxyl groups excluding tert-OH is 1. The Balaban J connectivity index is 2.43. The van der Waals surface area contributed by atoms with Crippen molar-refractivity contribution in [2.24, 2.45) is 0 Å². The van der Waals surface area contributed by atoms with Gasteiger partial charge in [-0.15, -0.1) is 0 Å². The molecule has 2 aromatic rings. The fraction of sp³-hybridized carbons (Fsp3) is 0.333. The Morgan fingerprint density at radius 1 is 1.05 bits per heavy atom. The van der Waals surface area contributed by atoms with Crippen LogP contribution < -0.4 is 14.8 Å². The van der Waals surface area contributed by atoms with Crippen molar-refractivity contribution < 1.29 is 14.6 Å². The minimum Gasteiger partial charge on any atom is -0.493 e. The van der Waals surface area contributed by atoms with Crippen LogP contribution in [0.25, 0.3) is 11.1 Å². The lowest BCUT2D eigenvalue weighted by Gasteiger charge is -2.17. The van der Waals surface area contributed by atoms with Gasteiger partial charge >= 0.3 is 0 Å². The standard InChI is InChI=1S/C18H23NO3/c1-13(12-20)19-11-15-9-17(21-2)18(22-3)10-16(15)14-7-5-4-6-8-14/h4-10,13,19-20H,11-12H2,1-3H3. The number of nitrogens with one attached hydrogen (secondary N) is 1. The highest BCUT2D eigenvalue weighted by atomic mass is 16.5. The molecule has 2 rings (SSSR count). The van der Waals surface area contributed by atoms with E-state index in [1.54, 1.807) is 14.2 Å². The smallest absolute Gasteiger partial charge is 0.161 e. The van der Waals surface area contributed by atoms with Crippen molar-refractivity contribution in [3.05, 3.63) is 48.0 Å². The average molecular weight is 301 g/mol. The van der Waals surface area contributed by atoms with Gasteiger partial charge in [0.25, 0.3) is 0 Å². The van der Waals surface area contributed by atoms with Crippen LogP contribution in [0, 0.1) is 0 Å². The Morgan fingerprint density at radius 2 is 1.68 bits per heavy atom. The van der Waals surface area contributed by atoms with Gasteiger partial charge in [-0.1, -0.05) is 30.3 Å². The first kappa shape index (κ1) is 16.3. The van der Waals surface area contributed by atoms with E-state index in [0.717, 1.165) is 16.7 Å². The largest absolute Gasteiger partial charge is 0.493 e. The number of aliphatic hydroxyl groups is 1. The van der Waals surface area contributed by atoms with Crippen LogP contribution in [0.1, 0.15) is 12.5 Å². The zero-order valence-corrected chi connectivity index (χ0v) is 13.3. The number of benzene rings is 2. The van der Waals surface area contributed by atoms with Crippen LogP contribution >= 0.6 is 0 Å². The Hall–Kier alpha value is -2.04. The van der Waals surface area contributed by atoms with Crippen LogP contribution in [0.4, 0.5) is 0 Å². The maximum absolute atomic E-state index is 9.17. The van der Waals surface area contributed by atoms with Crippen LogP contribution in [0.15, 0.2) is 42.5 Å². The minimum atomic E-state index is 0.0386. The summed E-state index contributed by atoms with van der Waals surface area (Å²) in [6, 6.07) is 14.2. The fourth-order valence-electron chi connectivity index (χ4n) is 2.30. The number of hydrogen-bond donors (Lipinski definition) is 2. The molecule has 0 spiro atoms. The molecule has 2 N–H and O–H groups in total. The SMILES string of the molecule is COc1cc(CNC(C)CO)c(-c2ccccc2)cc1OC. The van der Waals surface area contributed by atoms with Crippen molar-refractivity contribution in [2.75, 3.05) is 20.8 Å². The summed E-state index contributed by atoms with van der Waals surface area (Å²) >= 11 is 0. The van der Waals surface area contributed by atoms with Crippen LogP contribution in [-0.2, 0) is 6.54 Å². The van der Waals surface area contributed by atoms with E-state index in [0.29, 0.717) is 18.0 Å². The molecule has 0 heterocycles. The Labute approximate surface area is 131 Å². The van der Waals surface area contributed by atoms with Crippen molar-refractivity contribution >= 4 is 0 Å². The van der Waals surface area contributed by atoms with Gasteiger partial charge in [-0.25, -0.2) is 0 Å². The molecule has 4 heteroatoms. The van der Waals surface area contributed by atoms with Crippen LogP contribution in [0.2, 0.25) is 0 Å². The normalized spacial score (nSPS) is 12.0. The Bertz CT molecular complexity index is 599. The highest BCUT2D eigenvalue weighted by Gasteiger charge is 2.13. The van der Waals surface area contributed by atoms with Gasteiger partial charge < -0.3 is 19.9 Å². The number of methoxy groups -OCH3 is 2.